The number of halogens is 1. The summed E-state index contributed by atoms with van der Waals surface area (Å²) in [6.07, 6.45) is 1.39. The van der Waals surface area contributed by atoms with Crippen LogP contribution in [-0.2, 0) is 4.79 Å². The third-order valence-corrected chi connectivity index (χ3v) is 3.90. The number of phenolic OH excluding ortho intramolecular Hbond substituents is 1. The van der Waals surface area contributed by atoms with Crippen molar-refractivity contribution in [2.45, 2.75) is 20.8 Å². The van der Waals surface area contributed by atoms with Gasteiger partial charge in [-0.05, 0) is 49.6 Å². The number of carbonyl (C=O) groups is 1. The molecule has 0 aliphatic heterocycles. The number of nitrogens with zero attached hydrogens (tertiary/aromatic N) is 1. The summed E-state index contributed by atoms with van der Waals surface area (Å²) >= 11 is 3.35. The highest BCUT2D eigenvalue weighted by atomic mass is 79.9. The smallest absolute Gasteiger partial charge is 0.277 e. The summed E-state index contributed by atoms with van der Waals surface area (Å²) in [5, 5.41) is 13.8. The van der Waals surface area contributed by atoms with Gasteiger partial charge in [0.05, 0.1) is 6.21 Å². The van der Waals surface area contributed by atoms with Crippen LogP contribution in [0, 0.1) is 20.8 Å². The second-order valence-electron chi connectivity index (χ2n) is 5.46. The Labute approximate surface area is 149 Å². The zero-order valence-corrected chi connectivity index (χ0v) is 15.3. The minimum atomic E-state index is -0.375. The number of para-hydroxylation sites is 1. The number of phenols is 1. The SMILES string of the molecule is Cc1cc(Br)cc(C=NNC(=O)COc2c(C)cccc2C)c1O. The molecule has 0 spiro atoms. The molecule has 2 N–H and O–H groups in total. The zero-order valence-electron chi connectivity index (χ0n) is 13.8. The summed E-state index contributed by atoms with van der Waals surface area (Å²) in [5.74, 6) is 0.458. The molecule has 0 radical (unpaired) electrons. The van der Waals surface area contributed by atoms with Crippen LogP contribution in [0.1, 0.15) is 22.3 Å². The molecular weight excluding hydrogens is 372 g/mol. The van der Waals surface area contributed by atoms with Crippen molar-refractivity contribution in [1.82, 2.24) is 5.43 Å². The number of rotatable bonds is 5. The predicted molar refractivity (Wildman–Crippen MR) is 97.7 cm³/mol. The van der Waals surface area contributed by atoms with Crippen LogP contribution in [0.2, 0.25) is 0 Å². The molecule has 0 aliphatic carbocycles. The van der Waals surface area contributed by atoms with E-state index in [4.69, 9.17) is 4.74 Å². The average molecular weight is 391 g/mol. The molecule has 24 heavy (non-hydrogen) atoms. The van der Waals surface area contributed by atoms with Gasteiger partial charge in [-0.15, -0.1) is 0 Å². The highest BCUT2D eigenvalue weighted by Gasteiger charge is 2.07. The van der Waals surface area contributed by atoms with E-state index in [1.165, 1.54) is 6.21 Å². The van der Waals surface area contributed by atoms with Crippen LogP contribution in [0.25, 0.3) is 0 Å². The van der Waals surface area contributed by atoms with Gasteiger partial charge in [-0.25, -0.2) is 5.43 Å². The fraction of sp³-hybridized carbons (Fsp3) is 0.222. The van der Waals surface area contributed by atoms with E-state index in [2.05, 4.69) is 26.5 Å². The van der Waals surface area contributed by atoms with E-state index in [1.807, 2.05) is 32.0 Å². The molecule has 6 heteroatoms. The van der Waals surface area contributed by atoms with Gasteiger partial charge in [0.25, 0.3) is 5.91 Å². The average Bonchev–Trinajstić information content (AvgIpc) is 2.51. The first-order valence-corrected chi connectivity index (χ1v) is 8.18. The number of aryl methyl sites for hydroxylation is 3. The van der Waals surface area contributed by atoms with Gasteiger partial charge >= 0.3 is 0 Å². The summed E-state index contributed by atoms with van der Waals surface area (Å²) in [7, 11) is 0. The monoisotopic (exact) mass is 390 g/mol. The highest BCUT2D eigenvalue weighted by molar-refractivity contribution is 9.10. The molecule has 2 rings (SSSR count). The molecule has 0 bridgehead atoms. The van der Waals surface area contributed by atoms with Gasteiger partial charge in [-0.1, -0.05) is 34.1 Å². The Hall–Kier alpha value is -2.34. The van der Waals surface area contributed by atoms with E-state index in [0.717, 1.165) is 21.2 Å². The third-order valence-electron chi connectivity index (χ3n) is 3.44. The molecule has 2 aromatic carbocycles. The normalized spacial score (nSPS) is 10.8. The molecule has 5 nitrogen and oxygen atoms in total. The van der Waals surface area contributed by atoms with Gasteiger partial charge in [0.15, 0.2) is 6.61 Å². The molecule has 0 heterocycles. The van der Waals surface area contributed by atoms with Crippen molar-refractivity contribution >= 4 is 28.1 Å². The lowest BCUT2D eigenvalue weighted by atomic mass is 10.1. The van der Waals surface area contributed by atoms with Crippen LogP contribution in [0.5, 0.6) is 11.5 Å². The Bertz CT molecular complexity index is 768. The lowest BCUT2D eigenvalue weighted by molar-refractivity contribution is -0.123. The molecule has 0 fully saturated rings. The molecule has 2 aromatic rings. The van der Waals surface area contributed by atoms with Gasteiger partial charge < -0.3 is 9.84 Å². The van der Waals surface area contributed by atoms with Crippen molar-refractivity contribution < 1.29 is 14.6 Å². The van der Waals surface area contributed by atoms with Crippen molar-refractivity contribution in [2.75, 3.05) is 6.61 Å². The van der Waals surface area contributed by atoms with E-state index >= 15 is 0 Å². The van der Waals surface area contributed by atoms with Gasteiger partial charge in [0, 0.05) is 10.0 Å². The van der Waals surface area contributed by atoms with Gasteiger partial charge in [-0.3, -0.25) is 4.79 Å². The van der Waals surface area contributed by atoms with E-state index in [0.29, 0.717) is 11.3 Å². The number of aromatic hydroxyl groups is 1. The molecule has 1 amide bonds. The standard InChI is InChI=1S/C18H19BrN2O3/c1-11-5-4-6-12(2)18(11)24-10-16(22)21-20-9-14-8-15(19)7-13(3)17(14)23/h4-9,23H,10H2,1-3H3,(H,21,22). The first-order chi connectivity index (χ1) is 11.4. The summed E-state index contributed by atoms with van der Waals surface area (Å²) in [4.78, 5) is 11.8. The van der Waals surface area contributed by atoms with E-state index in [1.54, 1.807) is 19.1 Å². The minimum absolute atomic E-state index is 0.128. The predicted octanol–water partition coefficient (Wildman–Crippen LogP) is 3.61. The Balaban J connectivity index is 1.94. The lowest BCUT2D eigenvalue weighted by Crippen LogP contribution is -2.25. The third kappa shape index (κ3) is 4.58. The van der Waals surface area contributed by atoms with Crippen molar-refractivity contribution in [3.63, 3.8) is 0 Å². The van der Waals surface area contributed by atoms with Crippen molar-refractivity contribution in [3.8, 4) is 11.5 Å². The van der Waals surface area contributed by atoms with Crippen LogP contribution in [0.15, 0.2) is 39.9 Å². The topological polar surface area (TPSA) is 70.9 Å². The van der Waals surface area contributed by atoms with Crippen LogP contribution >= 0.6 is 15.9 Å². The number of nitrogens with one attached hydrogen (secondary N) is 1. The minimum Gasteiger partial charge on any atom is -0.507 e. The second kappa shape index (κ2) is 7.97. The Morgan fingerprint density at radius 2 is 1.92 bits per heavy atom. The molecule has 0 saturated heterocycles. The number of amides is 1. The molecule has 0 atom stereocenters. The maximum atomic E-state index is 11.8. The molecule has 0 aliphatic rings. The van der Waals surface area contributed by atoms with Crippen LogP contribution < -0.4 is 10.2 Å². The maximum Gasteiger partial charge on any atom is 0.277 e. The number of hydrazone groups is 1. The van der Waals surface area contributed by atoms with E-state index < -0.39 is 0 Å². The number of hydrogen-bond acceptors (Lipinski definition) is 4. The number of carbonyl (C=O) groups excluding carboxylic acids is 1. The van der Waals surface area contributed by atoms with E-state index in [9.17, 15) is 9.90 Å². The van der Waals surface area contributed by atoms with Crippen LogP contribution in [0.3, 0.4) is 0 Å². The van der Waals surface area contributed by atoms with Gasteiger partial charge in [0.1, 0.15) is 11.5 Å². The molecule has 0 unspecified atom stereocenters. The summed E-state index contributed by atoms with van der Waals surface area (Å²) in [5.41, 5.74) is 5.56. The van der Waals surface area contributed by atoms with Crippen molar-refractivity contribution in [1.29, 1.82) is 0 Å². The fourth-order valence-electron chi connectivity index (χ4n) is 2.23. The first-order valence-electron chi connectivity index (χ1n) is 7.38. The van der Waals surface area contributed by atoms with E-state index in [-0.39, 0.29) is 18.3 Å². The number of hydrogen-bond donors (Lipinski definition) is 2. The van der Waals surface area contributed by atoms with Crippen LogP contribution in [-0.4, -0.2) is 23.8 Å². The van der Waals surface area contributed by atoms with Gasteiger partial charge in [-0.2, -0.15) is 5.10 Å². The number of ether oxygens (including phenoxy) is 1. The molecular formula is C18H19BrN2O3. The molecule has 0 aromatic heterocycles. The Morgan fingerprint density at radius 1 is 1.25 bits per heavy atom. The summed E-state index contributed by atoms with van der Waals surface area (Å²) < 4.78 is 6.37. The summed E-state index contributed by atoms with van der Waals surface area (Å²) in [6.45, 7) is 5.51. The maximum absolute atomic E-state index is 11.8. The zero-order chi connectivity index (χ0) is 17.7. The Morgan fingerprint density at radius 3 is 2.58 bits per heavy atom. The summed E-state index contributed by atoms with van der Waals surface area (Å²) in [6, 6.07) is 9.30. The molecule has 0 saturated carbocycles. The Kier molecular flexibility index (Phi) is 5.98. The first kappa shape index (κ1) is 18.0. The lowest BCUT2D eigenvalue weighted by Gasteiger charge is -2.10. The highest BCUT2D eigenvalue weighted by Crippen LogP contribution is 2.25. The largest absolute Gasteiger partial charge is 0.507 e. The van der Waals surface area contributed by atoms with Crippen molar-refractivity contribution in [3.05, 3.63) is 57.1 Å². The van der Waals surface area contributed by atoms with Crippen LogP contribution in [0.4, 0.5) is 0 Å². The second-order valence-corrected chi connectivity index (χ2v) is 6.38. The van der Waals surface area contributed by atoms with Crippen molar-refractivity contribution in [2.24, 2.45) is 5.10 Å². The van der Waals surface area contributed by atoms with Gasteiger partial charge in [0.2, 0.25) is 0 Å². The molecule has 126 valence electrons. The number of benzene rings is 2. The quantitative estimate of drug-likeness (QED) is 0.604. The fourth-order valence-corrected chi connectivity index (χ4v) is 2.82.